The van der Waals surface area contributed by atoms with Gasteiger partial charge in [-0.25, -0.2) is 0 Å². The van der Waals surface area contributed by atoms with Gasteiger partial charge in [-0.2, -0.15) is 0 Å². The van der Waals surface area contributed by atoms with E-state index in [2.05, 4.69) is 15.9 Å². The van der Waals surface area contributed by atoms with E-state index in [9.17, 15) is 0 Å². The Labute approximate surface area is 110 Å². The summed E-state index contributed by atoms with van der Waals surface area (Å²) in [5.41, 5.74) is 1.07. The van der Waals surface area contributed by atoms with Gasteiger partial charge < -0.3 is 4.74 Å². The van der Waals surface area contributed by atoms with Gasteiger partial charge in [-0.15, -0.1) is 11.6 Å². The minimum Gasteiger partial charge on any atom is -0.489 e. The molecule has 0 bridgehead atoms. The molecule has 3 heteroatoms. The largest absolute Gasteiger partial charge is 0.489 e. The Bertz CT molecular complexity index is 348. The number of rotatable bonds is 3. The Morgan fingerprint density at radius 1 is 1.25 bits per heavy atom. The maximum Gasteiger partial charge on any atom is 0.138 e. The molecule has 1 aromatic carbocycles. The van der Waals surface area contributed by atoms with Crippen molar-refractivity contribution in [3.63, 3.8) is 0 Å². The summed E-state index contributed by atoms with van der Waals surface area (Å²) in [6, 6.07) is 6.03. The molecular weight excluding hydrogens is 287 g/mol. The van der Waals surface area contributed by atoms with Crippen LogP contribution in [0.3, 0.4) is 0 Å². The molecule has 0 atom stereocenters. The standard InChI is InChI=1S/C13H16BrClO/c14-12-8-4-5-10(9-15)13(12)16-11-6-2-1-3-7-11/h4-5,8,11H,1-3,6-7,9H2. The molecule has 16 heavy (non-hydrogen) atoms. The Balaban J connectivity index is 2.12. The lowest BCUT2D eigenvalue weighted by Crippen LogP contribution is -2.20. The average Bonchev–Trinajstić information content (AvgIpc) is 2.33. The summed E-state index contributed by atoms with van der Waals surface area (Å²) in [5, 5.41) is 0. The highest BCUT2D eigenvalue weighted by Crippen LogP contribution is 2.33. The molecule has 2 rings (SSSR count). The number of hydrogen-bond donors (Lipinski definition) is 0. The molecule has 1 fully saturated rings. The van der Waals surface area contributed by atoms with Crippen molar-refractivity contribution in [3.05, 3.63) is 28.2 Å². The Kier molecular flexibility index (Phi) is 4.54. The van der Waals surface area contributed by atoms with E-state index in [4.69, 9.17) is 16.3 Å². The monoisotopic (exact) mass is 302 g/mol. The second-order valence-corrected chi connectivity index (χ2v) is 5.36. The third-order valence-electron chi connectivity index (χ3n) is 3.03. The van der Waals surface area contributed by atoms with Gasteiger partial charge in [0.25, 0.3) is 0 Å². The molecule has 0 spiro atoms. The van der Waals surface area contributed by atoms with Crippen LogP contribution in [0.1, 0.15) is 37.7 Å². The molecule has 1 aliphatic carbocycles. The molecule has 88 valence electrons. The second kappa shape index (κ2) is 5.92. The van der Waals surface area contributed by atoms with Crippen molar-refractivity contribution < 1.29 is 4.74 Å². The fourth-order valence-electron chi connectivity index (χ4n) is 2.14. The first kappa shape index (κ1) is 12.3. The van der Waals surface area contributed by atoms with E-state index in [1.54, 1.807) is 0 Å². The Morgan fingerprint density at radius 3 is 2.69 bits per heavy atom. The number of benzene rings is 1. The van der Waals surface area contributed by atoms with E-state index in [0.29, 0.717) is 12.0 Å². The van der Waals surface area contributed by atoms with Gasteiger partial charge in [0.2, 0.25) is 0 Å². The van der Waals surface area contributed by atoms with Crippen LogP contribution in [0.25, 0.3) is 0 Å². The highest BCUT2D eigenvalue weighted by Gasteiger charge is 2.17. The number of para-hydroxylation sites is 1. The molecule has 0 amide bonds. The van der Waals surface area contributed by atoms with Crippen molar-refractivity contribution >= 4 is 27.5 Å². The van der Waals surface area contributed by atoms with Crippen LogP contribution in [0.15, 0.2) is 22.7 Å². The lowest BCUT2D eigenvalue weighted by molar-refractivity contribution is 0.153. The molecule has 1 nitrogen and oxygen atoms in total. The smallest absolute Gasteiger partial charge is 0.138 e. The summed E-state index contributed by atoms with van der Waals surface area (Å²) >= 11 is 9.45. The van der Waals surface area contributed by atoms with Crippen molar-refractivity contribution in [2.75, 3.05) is 0 Å². The van der Waals surface area contributed by atoms with Gasteiger partial charge in [-0.1, -0.05) is 18.6 Å². The Hall–Kier alpha value is -0.210. The highest BCUT2D eigenvalue weighted by molar-refractivity contribution is 9.10. The summed E-state index contributed by atoms with van der Waals surface area (Å²) < 4.78 is 7.09. The van der Waals surface area contributed by atoms with Crippen molar-refractivity contribution in [2.45, 2.75) is 44.1 Å². The SMILES string of the molecule is ClCc1cccc(Br)c1OC1CCCCC1. The molecule has 1 aliphatic rings. The van der Waals surface area contributed by atoms with Crippen molar-refractivity contribution in [1.29, 1.82) is 0 Å². The predicted octanol–water partition coefficient (Wildman–Crippen LogP) is 4.90. The molecule has 0 aliphatic heterocycles. The number of alkyl halides is 1. The summed E-state index contributed by atoms with van der Waals surface area (Å²) in [7, 11) is 0. The minimum atomic E-state index is 0.370. The number of ether oxygens (including phenoxy) is 1. The van der Waals surface area contributed by atoms with Crippen LogP contribution in [0, 0.1) is 0 Å². The zero-order valence-electron chi connectivity index (χ0n) is 9.22. The zero-order valence-corrected chi connectivity index (χ0v) is 11.6. The van der Waals surface area contributed by atoms with Gasteiger partial charge in [0.05, 0.1) is 16.5 Å². The molecule has 0 heterocycles. The summed E-state index contributed by atoms with van der Waals surface area (Å²) in [6.45, 7) is 0. The van der Waals surface area contributed by atoms with E-state index in [0.717, 1.165) is 15.8 Å². The van der Waals surface area contributed by atoms with E-state index >= 15 is 0 Å². The molecule has 0 saturated heterocycles. The molecule has 1 saturated carbocycles. The molecule has 0 radical (unpaired) electrons. The van der Waals surface area contributed by atoms with Crippen LogP contribution in [0.4, 0.5) is 0 Å². The van der Waals surface area contributed by atoms with Crippen LogP contribution in [-0.2, 0) is 5.88 Å². The summed E-state index contributed by atoms with van der Waals surface area (Å²) in [5.74, 6) is 1.44. The first-order chi connectivity index (χ1) is 7.81. The van der Waals surface area contributed by atoms with Crippen LogP contribution in [0.2, 0.25) is 0 Å². The molecule has 0 N–H and O–H groups in total. The topological polar surface area (TPSA) is 9.23 Å². The van der Waals surface area contributed by atoms with Crippen molar-refractivity contribution in [1.82, 2.24) is 0 Å². The van der Waals surface area contributed by atoms with Crippen LogP contribution in [-0.4, -0.2) is 6.10 Å². The maximum atomic E-state index is 6.08. The predicted molar refractivity (Wildman–Crippen MR) is 71.2 cm³/mol. The fraction of sp³-hybridized carbons (Fsp3) is 0.538. The number of halogens is 2. The molecule has 0 unspecified atom stereocenters. The first-order valence-corrected chi connectivity index (χ1v) is 7.14. The Morgan fingerprint density at radius 2 is 2.00 bits per heavy atom. The van der Waals surface area contributed by atoms with Gasteiger partial charge in [0.1, 0.15) is 5.75 Å². The fourth-order valence-corrected chi connectivity index (χ4v) is 2.85. The normalized spacial score (nSPS) is 17.4. The van der Waals surface area contributed by atoms with Gasteiger partial charge in [-0.05, 0) is 47.7 Å². The zero-order chi connectivity index (χ0) is 11.4. The van der Waals surface area contributed by atoms with Gasteiger partial charge >= 0.3 is 0 Å². The second-order valence-electron chi connectivity index (χ2n) is 4.24. The minimum absolute atomic E-state index is 0.370. The third kappa shape index (κ3) is 2.92. The van der Waals surface area contributed by atoms with Gasteiger partial charge in [0, 0.05) is 5.56 Å². The van der Waals surface area contributed by atoms with Crippen molar-refractivity contribution in [2.24, 2.45) is 0 Å². The van der Waals surface area contributed by atoms with E-state index < -0.39 is 0 Å². The first-order valence-electron chi connectivity index (χ1n) is 5.81. The van der Waals surface area contributed by atoms with Gasteiger partial charge in [0.15, 0.2) is 0 Å². The van der Waals surface area contributed by atoms with E-state index in [-0.39, 0.29) is 0 Å². The summed E-state index contributed by atoms with van der Waals surface area (Å²) in [4.78, 5) is 0. The van der Waals surface area contributed by atoms with Crippen LogP contribution < -0.4 is 4.74 Å². The van der Waals surface area contributed by atoms with E-state index in [1.807, 2.05) is 18.2 Å². The van der Waals surface area contributed by atoms with E-state index in [1.165, 1.54) is 32.1 Å². The highest BCUT2D eigenvalue weighted by atomic mass is 79.9. The average molecular weight is 304 g/mol. The lowest BCUT2D eigenvalue weighted by atomic mass is 9.98. The lowest BCUT2D eigenvalue weighted by Gasteiger charge is -2.24. The molecule has 0 aromatic heterocycles. The number of hydrogen-bond acceptors (Lipinski definition) is 1. The third-order valence-corrected chi connectivity index (χ3v) is 3.94. The summed E-state index contributed by atoms with van der Waals surface area (Å²) in [6.07, 6.45) is 6.62. The van der Waals surface area contributed by atoms with Crippen LogP contribution >= 0.6 is 27.5 Å². The quantitative estimate of drug-likeness (QED) is 0.722. The molecular formula is C13H16BrClO. The maximum absolute atomic E-state index is 6.08. The van der Waals surface area contributed by atoms with Gasteiger partial charge in [-0.3, -0.25) is 0 Å². The van der Waals surface area contributed by atoms with Crippen LogP contribution in [0.5, 0.6) is 5.75 Å². The molecule has 1 aromatic rings. The van der Waals surface area contributed by atoms with Crippen molar-refractivity contribution in [3.8, 4) is 5.75 Å².